The van der Waals surface area contributed by atoms with Crippen LogP contribution in [0.4, 0.5) is 28.4 Å². The van der Waals surface area contributed by atoms with E-state index in [1.54, 1.807) is 0 Å². The Kier molecular flexibility index (Phi) is 12.4. The van der Waals surface area contributed by atoms with Crippen molar-refractivity contribution in [1.29, 1.82) is 5.26 Å². The van der Waals surface area contributed by atoms with Gasteiger partial charge in [0.25, 0.3) is 0 Å². The monoisotopic (exact) mass is 633 g/mol. The van der Waals surface area contributed by atoms with Gasteiger partial charge in [-0.2, -0.15) is 5.26 Å². The standard InChI is InChI=1S/C38H29N3.3C2H6.CH4/c39-25-26-8-6-13-31(24-26)41(30-11-2-1-3-12-30)36-22-18-29-15-19-32-35(21-17-28-16-20-33(36)38(29)37(28)32)40-23-7-10-27-9-4-5-14-34(27)40;3*1-2;/h1-6,8-9,11-14,16-18,20-22,24H,7,10,15,19,23H2;3*1-2H3;1H4. The molecule has 0 amide bonds. The summed E-state index contributed by atoms with van der Waals surface area (Å²) in [6.45, 7) is 13.1. The molecule has 0 saturated heterocycles. The second-order valence-electron chi connectivity index (χ2n) is 11.1. The smallest absolute Gasteiger partial charge is 0.0992 e. The highest BCUT2D eigenvalue weighted by Crippen LogP contribution is 2.47. The molecule has 0 spiro atoms. The molecule has 0 bridgehead atoms. The molecule has 0 saturated carbocycles. The van der Waals surface area contributed by atoms with Crippen LogP contribution in [0, 0.1) is 11.3 Å². The molecule has 1 aliphatic heterocycles. The zero-order valence-corrected chi connectivity index (χ0v) is 28.8. The molecule has 2 aliphatic rings. The molecule has 0 atom stereocenters. The van der Waals surface area contributed by atoms with Crippen molar-refractivity contribution in [2.24, 2.45) is 0 Å². The Bertz CT molecular complexity index is 2000. The van der Waals surface area contributed by atoms with Gasteiger partial charge in [-0.1, -0.05) is 116 Å². The van der Waals surface area contributed by atoms with E-state index in [4.69, 9.17) is 0 Å². The van der Waals surface area contributed by atoms with Crippen molar-refractivity contribution in [1.82, 2.24) is 0 Å². The molecule has 0 aromatic heterocycles. The molecule has 3 nitrogen and oxygen atoms in total. The average Bonchev–Trinajstić information content (AvgIpc) is 3.17. The van der Waals surface area contributed by atoms with E-state index < -0.39 is 0 Å². The van der Waals surface area contributed by atoms with E-state index in [1.165, 1.54) is 56.0 Å². The first-order chi connectivity index (χ1) is 23.3. The predicted molar refractivity (Wildman–Crippen MR) is 211 cm³/mol. The Labute approximate surface area is 289 Å². The van der Waals surface area contributed by atoms with Crippen LogP contribution in [0.1, 0.15) is 77.6 Å². The fourth-order valence-corrected chi connectivity index (χ4v) is 7.05. The van der Waals surface area contributed by atoms with Crippen LogP contribution in [0.2, 0.25) is 0 Å². The summed E-state index contributed by atoms with van der Waals surface area (Å²) >= 11 is 0. The summed E-state index contributed by atoms with van der Waals surface area (Å²) in [7, 11) is 0. The molecule has 0 fully saturated rings. The molecule has 8 rings (SSSR count). The van der Waals surface area contributed by atoms with Gasteiger partial charge in [-0.25, -0.2) is 0 Å². The zero-order valence-electron chi connectivity index (χ0n) is 28.8. The number of fused-ring (bicyclic) bond motifs is 1. The Balaban J connectivity index is 0.000000706. The van der Waals surface area contributed by atoms with Crippen LogP contribution in [0.5, 0.6) is 0 Å². The van der Waals surface area contributed by atoms with Crippen molar-refractivity contribution in [2.75, 3.05) is 16.3 Å². The maximum atomic E-state index is 9.67. The molecule has 48 heavy (non-hydrogen) atoms. The summed E-state index contributed by atoms with van der Waals surface area (Å²) in [4.78, 5) is 4.86. The van der Waals surface area contributed by atoms with Crippen molar-refractivity contribution >= 4 is 50.0 Å². The van der Waals surface area contributed by atoms with Gasteiger partial charge in [0.05, 0.1) is 17.3 Å². The summed E-state index contributed by atoms with van der Waals surface area (Å²) in [6, 6.07) is 43.5. The summed E-state index contributed by atoms with van der Waals surface area (Å²) in [6.07, 6.45) is 4.40. The molecule has 6 aromatic rings. The highest BCUT2D eigenvalue weighted by atomic mass is 15.1. The minimum atomic E-state index is 0. The number of nitrogens with zero attached hydrogens (tertiary/aromatic N) is 3. The molecule has 1 aliphatic carbocycles. The summed E-state index contributed by atoms with van der Waals surface area (Å²) < 4.78 is 0. The number of rotatable bonds is 4. The topological polar surface area (TPSA) is 30.3 Å². The average molecular weight is 634 g/mol. The van der Waals surface area contributed by atoms with Crippen LogP contribution in [0.15, 0.2) is 115 Å². The highest BCUT2D eigenvalue weighted by molar-refractivity contribution is 6.17. The van der Waals surface area contributed by atoms with Gasteiger partial charge < -0.3 is 9.80 Å². The zero-order chi connectivity index (χ0) is 33.3. The predicted octanol–water partition coefficient (Wildman–Crippen LogP) is 13.2. The number of benzene rings is 6. The molecule has 6 aromatic carbocycles. The van der Waals surface area contributed by atoms with E-state index in [-0.39, 0.29) is 7.43 Å². The first kappa shape index (κ1) is 35.8. The number of aryl methyl sites for hydroxylation is 3. The summed E-state index contributed by atoms with van der Waals surface area (Å²) in [5.41, 5.74) is 10.9. The first-order valence-corrected chi connectivity index (χ1v) is 17.5. The maximum Gasteiger partial charge on any atom is 0.0992 e. The molecule has 0 unspecified atom stereocenters. The quantitative estimate of drug-likeness (QED) is 0.181. The lowest BCUT2D eigenvalue weighted by Gasteiger charge is -2.35. The Morgan fingerprint density at radius 1 is 0.604 bits per heavy atom. The lowest BCUT2D eigenvalue weighted by Crippen LogP contribution is -2.26. The molecule has 3 heteroatoms. The van der Waals surface area contributed by atoms with E-state index in [2.05, 4.69) is 107 Å². The third-order valence-electron chi connectivity index (χ3n) is 8.84. The van der Waals surface area contributed by atoms with Gasteiger partial charge >= 0.3 is 0 Å². The van der Waals surface area contributed by atoms with Gasteiger partial charge in [-0.15, -0.1) is 0 Å². The normalized spacial score (nSPS) is 12.1. The van der Waals surface area contributed by atoms with E-state index in [0.717, 1.165) is 42.9 Å². The largest absolute Gasteiger partial charge is 0.341 e. The summed E-state index contributed by atoms with van der Waals surface area (Å²) in [5.74, 6) is 0. The number of para-hydroxylation sites is 2. The van der Waals surface area contributed by atoms with Gasteiger partial charge in [0.15, 0.2) is 0 Å². The van der Waals surface area contributed by atoms with Gasteiger partial charge in [0.1, 0.15) is 0 Å². The SMILES string of the molecule is C.CC.CC.CC.N#Cc1cccc(N(c2ccccc2)c2ccc3c4c2ccc2ccc(N5CCCc6ccccc65)c(c24)CC3)c1. The Hall–Kier alpha value is -5.07. The highest BCUT2D eigenvalue weighted by Gasteiger charge is 2.26. The third-order valence-corrected chi connectivity index (χ3v) is 8.84. The molecular weight excluding hydrogens is 583 g/mol. The lowest BCUT2D eigenvalue weighted by molar-refractivity contribution is 0.763. The van der Waals surface area contributed by atoms with Gasteiger partial charge in [-0.3, -0.25) is 0 Å². The Morgan fingerprint density at radius 3 is 2.08 bits per heavy atom. The van der Waals surface area contributed by atoms with E-state index >= 15 is 0 Å². The second kappa shape index (κ2) is 16.7. The van der Waals surface area contributed by atoms with Crippen LogP contribution in [-0.4, -0.2) is 6.54 Å². The fraction of sp³-hybridized carbons (Fsp3) is 0.267. The molecular formula is C45H51N3. The maximum absolute atomic E-state index is 9.67. The first-order valence-electron chi connectivity index (χ1n) is 17.5. The molecule has 0 N–H and O–H groups in total. The number of nitriles is 1. The third kappa shape index (κ3) is 6.54. The van der Waals surface area contributed by atoms with Crippen molar-refractivity contribution in [3.63, 3.8) is 0 Å². The summed E-state index contributed by atoms with van der Waals surface area (Å²) in [5, 5.41) is 15.0. The molecule has 246 valence electrons. The Morgan fingerprint density at radius 2 is 1.31 bits per heavy atom. The van der Waals surface area contributed by atoms with E-state index in [0.29, 0.717) is 5.56 Å². The van der Waals surface area contributed by atoms with Gasteiger partial charge in [0.2, 0.25) is 0 Å². The second-order valence-corrected chi connectivity index (χ2v) is 11.1. The fourth-order valence-electron chi connectivity index (χ4n) is 7.05. The van der Waals surface area contributed by atoms with Crippen LogP contribution >= 0.6 is 0 Å². The van der Waals surface area contributed by atoms with Crippen LogP contribution in [-0.2, 0) is 19.3 Å². The number of hydrogen-bond donors (Lipinski definition) is 0. The number of hydrogen-bond acceptors (Lipinski definition) is 3. The molecule has 0 radical (unpaired) electrons. The van der Waals surface area contributed by atoms with Crippen molar-refractivity contribution in [3.8, 4) is 6.07 Å². The minimum Gasteiger partial charge on any atom is -0.341 e. The van der Waals surface area contributed by atoms with Crippen LogP contribution < -0.4 is 9.80 Å². The van der Waals surface area contributed by atoms with Crippen LogP contribution in [0.25, 0.3) is 21.5 Å². The van der Waals surface area contributed by atoms with Gasteiger partial charge in [0, 0.05) is 34.7 Å². The number of anilines is 5. The van der Waals surface area contributed by atoms with Gasteiger partial charge in [-0.05, 0) is 107 Å². The van der Waals surface area contributed by atoms with E-state index in [1.807, 2.05) is 65.8 Å². The minimum absolute atomic E-state index is 0. The van der Waals surface area contributed by atoms with E-state index in [9.17, 15) is 5.26 Å². The van der Waals surface area contributed by atoms with Crippen molar-refractivity contribution in [3.05, 3.63) is 138 Å². The van der Waals surface area contributed by atoms with Crippen LogP contribution in [0.3, 0.4) is 0 Å². The molecule has 1 heterocycles. The van der Waals surface area contributed by atoms with Crippen molar-refractivity contribution in [2.45, 2.75) is 74.7 Å². The lowest BCUT2D eigenvalue weighted by atomic mass is 9.84. The van der Waals surface area contributed by atoms with Crippen molar-refractivity contribution < 1.29 is 0 Å².